The summed E-state index contributed by atoms with van der Waals surface area (Å²) in [5.41, 5.74) is 6.29. The molecule has 2 amide bonds. The van der Waals surface area contributed by atoms with Crippen molar-refractivity contribution in [2.24, 2.45) is 5.73 Å². The zero-order valence-corrected chi connectivity index (χ0v) is 15.7. The van der Waals surface area contributed by atoms with E-state index in [0.29, 0.717) is 18.7 Å². The number of hydrogen-bond donors (Lipinski definition) is 2. The molecule has 6 nitrogen and oxygen atoms in total. The molecule has 0 atom stereocenters. The summed E-state index contributed by atoms with van der Waals surface area (Å²) in [5, 5.41) is 2.97. The molecule has 1 aromatic carbocycles. The van der Waals surface area contributed by atoms with E-state index in [1.54, 1.807) is 17.0 Å². The van der Waals surface area contributed by atoms with E-state index in [2.05, 4.69) is 5.32 Å². The summed E-state index contributed by atoms with van der Waals surface area (Å²) < 4.78 is 5.54. The van der Waals surface area contributed by atoms with Gasteiger partial charge in [0.2, 0.25) is 5.91 Å². The Morgan fingerprint density at radius 3 is 2.40 bits per heavy atom. The fraction of sp³-hybridized carbons (Fsp3) is 0.556. The maximum atomic E-state index is 12.1. The number of rotatable bonds is 8. The van der Waals surface area contributed by atoms with Crippen LogP contribution in [0, 0.1) is 0 Å². The number of anilines is 1. The minimum absolute atomic E-state index is 0. The van der Waals surface area contributed by atoms with Crippen molar-refractivity contribution in [1.29, 1.82) is 0 Å². The first-order valence-corrected chi connectivity index (χ1v) is 8.58. The van der Waals surface area contributed by atoms with Crippen LogP contribution in [0.1, 0.15) is 39.5 Å². The molecule has 2 rings (SSSR count). The zero-order chi connectivity index (χ0) is 17.6. The number of benzene rings is 1. The molecule has 1 aliphatic rings. The highest BCUT2D eigenvalue weighted by Crippen LogP contribution is 2.23. The van der Waals surface area contributed by atoms with Gasteiger partial charge >= 0.3 is 0 Å². The molecule has 1 aliphatic heterocycles. The third kappa shape index (κ3) is 5.34. The number of nitrogens with zero attached hydrogens (tertiary/aromatic N) is 1. The predicted molar refractivity (Wildman–Crippen MR) is 101 cm³/mol. The number of hydrogen-bond acceptors (Lipinski definition) is 4. The second-order valence-electron chi connectivity index (χ2n) is 6.17. The Labute approximate surface area is 155 Å². The van der Waals surface area contributed by atoms with Crippen LogP contribution in [0.15, 0.2) is 24.3 Å². The molecule has 25 heavy (non-hydrogen) atoms. The lowest BCUT2D eigenvalue weighted by molar-refractivity contribution is -0.125. The van der Waals surface area contributed by atoms with Crippen molar-refractivity contribution in [3.05, 3.63) is 24.3 Å². The molecule has 7 heteroatoms. The summed E-state index contributed by atoms with van der Waals surface area (Å²) in [6.45, 7) is 5.14. The van der Waals surface area contributed by atoms with Crippen molar-refractivity contribution in [3.8, 4) is 5.75 Å². The first-order chi connectivity index (χ1) is 11.5. The molecule has 1 aromatic rings. The molecule has 140 valence electrons. The van der Waals surface area contributed by atoms with Gasteiger partial charge < -0.3 is 20.7 Å². The molecule has 3 N–H and O–H groups in total. The van der Waals surface area contributed by atoms with Gasteiger partial charge in [0, 0.05) is 25.2 Å². The molecular formula is C18H28ClN3O3. The maximum absolute atomic E-state index is 12.1. The van der Waals surface area contributed by atoms with Gasteiger partial charge in [0.1, 0.15) is 5.75 Å². The van der Waals surface area contributed by atoms with E-state index in [0.717, 1.165) is 31.5 Å². The highest BCUT2D eigenvalue weighted by Gasteiger charge is 2.26. The number of ether oxygens (including phenoxy) is 1. The van der Waals surface area contributed by atoms with Crippen LogP contribution in [0.5, 0.6) is 5.75 Å². The van der Waals surface area contributed by atoms with Gasteiger partial charge in [0.15, 0.2) is 6.61 Å². The monoisotopic (exact) mass is 369 g/mol. The van der Waals surface area contributed by atoms with Crippen molar-refractivity contribution >= 4 is 29.9 Å². The van der Waals surface area contributed by atoms with Gasteiger partial charge in [-0.1, -0.05) is 13.8 Å². The normalized spacial score (nSPS) is 14.2. The summed E-state index contributed by atoms with van der Waals surface area (Å²) >= 11 is 0. The van der Waals surface area contributed by atoms with Crippen molar-refractivity contribution in [1.82, 2.24) is 5.32 Å². The Hall–Kier alpha value is -1.79. The minimum Gasteiger partial charge on any atom is -0.484 e. The van der Waals surface area contributed by atoms with Crippen LogP contribution in [-0.4, -0.2) is 37.0 Å². The van der Waals surface area contributed by atoms with Crippen molar-refractivity contribution in [2.45, 2.75) is 45.1 Å². The molecule has 1 heterocycles. The van der Waals surface area contributed by atoms with Gasteiger partial charge in [0.25, 0.3) is 5.91 Å². The lowest BCUT2D eigenvalue weighted by Gasteiger charge is -2.31. The third-order valence-corrected chi connectivity index (χ3v) is 4.74. The molecule has 0 radical (unpaired) electrons. The van der Waals surface area contributed by atoms with Crippen molar-refractivity contribution in [3.63, 3.8) is 0 Å². The SMILES string of the molecule is CCC(CC)(CN)NC(=O)COc1ccc(N2CCCC2=O)cc1.Cl. The lowest BCUT2D eigenvalue weighted by Crippen LogP contribution is -2.54. The Balaban J connectivity index is 0.00000312. The number of nitrogens with one attached hydrogen (secondary N) is 1. The summed E-state index contributed by atoms with van der Waals surface area (Å²) in [5.74, 6) is 0.579. The minimum atomic E-state index is -0.361. The quantitative estimate of drug-likeness (QED) is 0.736. The summed E-state index contributed by atoms with van der Waals surface area (Å²) in [7, 11) is 0. The Kier molecular flexibility index (Phi) is 8.19. The molecule has 0 spiro atoms. The Morgan fingerprint density at radius 1 is 1.28 bits per heavy atom. The zero-order valence-electron chi connectivity index (χ0n) is 14.9. The Bertz CT molecular complexity index is 565. The van der Waals surface area contributed by atoms with E-state index in [1.807, 2.05) is 26.0 Å². The van der Waals surface area contributed by atoms with Crippen LogP contribution in [0.25, 0.3) is 0 Å². The number of carbonyl (C=O) groups excluding carboxylic acids is 2. The van der Waals surface area contributed by atoms with Gasteiger partial charge in [0.05, 0.1) is 5.54 Å². The fourth-order valence-corrected chi connectivity index (χ4v) is 2.89. The van der Waals surface area contributed by atoms with Gasteiger partial charge in [-0.15, -0.1) is 12.4 Å². The largest absolute Gasteiger partial charge is 0.484 e. The van der Waals surface area contributed by atoms with Gasteiger partial charge in [-0.3, -0.25) is 9.59 Å². The number of nitrogens with two attached hydrogens (primary N) is 1. The second-order valence-corrected chi connectivity index (χ2v) is 6.17. The first kappa shape index (κ1) is 21.3. The highest BCUT2D eigenvalue weighted by molar-refractivity contribution is 5.95. The van der Waals surface area contributed by atoms with E-state index >= 15 is 0 Å². The fourth-order valence-electron chi connectivity index (χ4n) is 2.89. The van der Waals surface area contributed by atoms with Crippen LogP contribution in [0.4, 0.5) is 5.69 Å². The van der Waals surface area contributed by atoms with E-state index in [-0.39, 0.29) is 36.4 Å². The van der Waals surface area contributed by atoms with Crippen LogP contribution in [0.3, 0.4) is 0 Å². The molecule has 1 fully saturated rings. The van der Waals surface area contributed by atoms with E-state index in [4.69, 9.17) is 10.5 Å². The summed E-state index contributed by atoms with van der Waals surface area (Å²) in [6, 6.07) is 7.26. The van der Waals surface area contributed by atoms with Gasteiger partial charge in [-0.2, -0.15) is 0 Å². The van der Waals surface area contributed by atoms with Crippen LogP contribution < -0.4 is 20.7 Å². The smallest absolute Gasteiger partial charge is 0.258 e. The molecule has 0 aliphatic carbocycles. The number of amides is 2. The maximum Gasteiger partial charge on any atom is 0.258 e. The summed E-state index contributed by atoms with van der Waals surface area (Å²) in [6.07, 6.45) is 3.07. The number of halogens is 1. The average Bonchev–Trinajstić information content (AvgIpc) is 3.04. The Morgan fingerprint density at radius 2 is 1.92 bits per heavy atom. The standard InChI is InChI=1S/C18H27N3O3.ClH/c1-3-18(4-2,13-19)20-16(22)12-24-15-9-7-14(8-10-15)21-11-5-6-17(21)23;/h7-10H,3-6,11-13,19H2,1-2H3,(H,20,22);1H. The van der Waals surface area contributed by atoms with Gasteiger partial charge in [-0.25, -0.2) is 0 Å². The van der Waals surface area contributed by atoms with E-state index in [9.17, 15) is 9.59 Å². The van der Waals surface area contributed by atoms with Crippen molar-refractivity contribution < 1.29 is 14.3 Å². The highest BCUT2D eigenvalue weighted by atomic mass is 35.5. The molecule has 0 bridgehead atoms. The van der Waals surface area contributed by atoms with Crippen LogP contribution in [0.2, 0.25) is 0 Å². The van der Waals surface area contributed by atoms with Gasteiger partial charge in [-0.05, 0) is 43.5 Å². The van der Waals surface area contributed by atoms with Crippen LogP contribution in [-0.2, 0) is 9.59 Å². The second kappa shape index (κ2) is 9.63. The van der Waals surface area contributed by atoms with Crippen LogP contribution >= 0.6 is 12.4 Å². The topological polar surface area (TPSA) is 84.7 Å². The third-order valence-electron chi connectivity index (χ3n) is 4.74. The molecule has 0 aromatic heterocycles. The molecule has 1 saturated heterocycles. The summed E-state index contributed by atoms with van der Waals surface area (Å²) in [4.78, 5) is 25.6. The molecule has 0 saturated carbocycles. The first-order valence-electron chi connectivity index (χ1n) is 8.58. The number of carbonyl (C=O) groups is 2. The average molecular weight is 370 g/mol. The molecule has 0 unspecified atom stereocenters. The predicted octanol–water partition coefficient (Wildman–Crippen LogP) is 2.25. The van der Waals surface area contributed by atoms with E-state index in [1.165, 1.54) is 0 Å². The van der Waals surface area contributed by atoms with Crippen molar-refractivity contribution in [2.75, 3.05) is 24.6 Å². The molecular weight excluding hydrogens is 342 g/mol. The lowest BCUT2D eigenvalue weighted by atomic mass is 9.93. The van der Waals surface area contributed by atoms with E-state index < -0.39 is 0 Å².